The second-order valence-corrected chi connectivity index (χ2v) is 9.79. The quantitative estimate of drug-likeness (QED) is 0.197. The number of anilines is 2. The summed E-state index contributed by atoms with van der Waals surface area (Å²) in [6.07, 6.45) is 2.48. The van der Waals surface area contributed by atoms with Crippen molar-refractivity contribution in [2.24, 2.45) is 0 Å². The van der Waals surface area contributed by atoms with Crippen LogP contribution in [0.5, 0.6) is 0 Å². The zero-order chi connectivity index (χ0) is 29.5. The summed E-state index contributed by atoms with van der Waals surface area (Å²) >= 11 is 0. The van der Waals surface area contributed by atoms with E-state index < -0.39 is 24.5 Å². The number of carbonyl (C=O) groups excluding carboxylic acids is 2. The summed E-state index contributed by atoms with van der Waals surface area (Å²) in [6.45, 7) is 7.25. The molecule has 1 aliphatic heterocycles. The molecule has 0 radical (unpaired) electrons. The van der Waals surface area contributed by atoms with Gasteiger partial charge < -0.3 is 29.4 Å². The first-order chi connectivity index (χ1) is 20.6. The van der Waals surface area contributed by atoms with Crippen LogP contribution in [0.3, 0.4) is 0 Å². The van der Waals surface area contributed by atoms with Gasteiger partial charge in [0, 0.05) is 37.0 Å². The second kappa shape index (κ2) is 13.4. The standard InChI is InChI=1S/C28H34N8O6/c1-4-17(5-2)32-25-21-26(34-28(33-25)30-12-10-19-9-7-8-11-29-19)36(14-31-21)27-24(40-16-38)23(39-15-37)22(41-27)20-13-18(6-3)35-42-20/h7-9,11,13-17,22-24,27H,4-6,10,12H2,1-3H3,(H2,30,32,33,34)/t22-,23+,24-,27-/m1/s1. The van der Waals surface area contributed by atoms with Crippen LogP contribution in [0.25, 0.3) is 11.2 Å². The zero-order valence-electron chi connectivity index (χ0n) is 23.7. The summed E-state index contributed by atoms with van der Waals surface area (Å²) in [7, 11) is 0. The molecule has 0 spiro atoms. The number of carbonyl (C=O) groups is 2. The Kier molecular flexibility index (Phi) is 9.21. The van der Waals surface area contributed by atoms with Crippen molar-refractivity contribution in [3.63, 3.8) is 0 Å². The number of fused-ring (bicyclic) bond motifs is 1. The van der Waals surface area contributed by atoms with E-state index in [1.165, 1.54) is 0 Å². The van der Waals surface area contributed by atoms with Gasteiger partial charge in [0.05, 0.1) is 12.0 Å². The van der Waals surface area contributed by atoms with Crippen LogP contribution in [0.4, 0.5) is 11.8 Å². The average molecular weight is 579 g/mol. The van der Waals surface area contributed by atoms with Gasteiger partial charge in [-0.2, -0.15) is 9.97 Å². The Balaban J connectivity index is 1.52. The molecule has 42 heavy (non-hydrogen) atoms. The molecule has 14 heteroatoms. The van der Waals surface area contributed by atoms with Gasteiger partial charge in [0.1, 0.15) is 0 Å². The Labute approximate surface area is 242 Å². The highest BCUT2D eigenvalue weighted by molar-refractivity contribution is 5.84. The van der Waals surface area contributed by atoms with E-state index in [-0.39, 0.29) is 12.5 Å². The van der Waals surface area contributed by atoms with Gasteiger partial charge in [-0.15, -0.1) is 0 Å². The van der Waals surface area contributed by atoms with Crippen LogP contribution in [-0.2, 0) is 36.6 Å². The Morgan fingerprint density at radius 3 is 2.55 bits per heavy atom. The first kappa shape index (κ1) is 28.9. The average Bonchev–Trinajstić information content (AvgIpc) is 3.74. The summed E-state index contributed by atoms with van der Waals surface area (Å²) in [5.74, 6) is 1.27. The van der Waals surface area contributed by atoms with E-state index in [0.29, 0.717) is 60.2 Å². The first-order valence-electron chi connectivity index (χ1n) is 14.0. The van der Waals surface area contributed by atoms with Crippen molar-refractivity contribution in [2.75, 3.05) is 17.2 Å². The number of aryl methyl sites for hydroxylation is 1. The van der Waals surface area contributed by atoms with Crippen molar-refractivity contribution in [3.8, 4) is 0 Å². The van der Waals surface area contributed by atoms with Crippen LogP contribution >= 0.6 is 0 Å². The zero-order valence-corrected chi connectivity index (χ0v) is 23.7. The van der Waals surface area contributed by atoms with Crippen LogP contribution in [-0.4, -0.2) is 67.4 Å². The molecule has 5 heterocycles. The maximum absolute atomic E-state index is 11.6. The molecule has 0 aromatic carbocycles. The van der Waals surface area contributed by atoms with Gasteiger partial charge in [-0.3, -0.25) is 19.1 Å². The molecule has 0 aliphatic carbocycles. The third-order valence-corrected chi connectivity index (χ3v) is 7.25. The van der Waals surface area contributed by atoms with Crippen LogP contribution in [0.2, 0.25) is 0 Å². The number of pyridine rings is 1. The number of hydrogen-bond acceptors (Lipinski definition) is 13. The summed E-state index contributed by atoms with van der Waals surface area (Å²) in [5.41, 5.74) is 2.58. The largest absolute Gasteiger partial charge is 0.457 e. The van der Waals surface area contributed by atoms with Crippen LogP contribution in [0.1, 0.15) is 63.1 Å². The molecule has 1 aliphatic rings. The van der Waals surface area contributed by atoms with Gasteiger partial charge >= 0.3 is 0 Å². The number of aromatic nitrogens is 6. The molecule has 4 atom stereocenters. The topological polar surface area (TPSA) is 168 Å². The summed E-state index contributed by atoms with van der Waals surface area (Å²) < 4.78 is 24.3. The maximum Gasteiger partial charge on any atom is 0.293 e. The van der Waals surface area contributed by atoms with E-state index >= 15 is 0 Å². The lowest BCUT2D eigenvalue weighted by atomic mass is 10.1. The summed E-state index contributed by atoms with van der Waals surface area (Å²) in [4.78, 5) is 41.5. The minimum absolute atomic E-state index is 0.164. The van der Waals surface area contributed by atoms with E-state index in [9.17, 15) is 9.59 Å². The molecule has 14 nitrogen and oxygen atoms in total. The lowest BCUT2D eigenvalue weighted by Crippen LogP contribution is -2.34. The van der Waals surface area contributed by atoms with Gasteiger partial charge in [-0.1, -0.05) is 32.0 Å². The van der Waals surface area contributed by atoms with Crippen molar-refractivity contribution >= 4 is 35.9 Å². The van der Waals surface area contributed by atoms with Gasteiger partial charge in [-0.25, -0.2) is 4.98 Å². The van der Waals surface area contributed by atoms with Gasteiger partial charge in [0.15, 0.2) is 47.3 Å². The molecule has 0 amide bonds. The van der Waals surface area contributed by atoms with Crippen LogP contribution in [0, 0.1) is 0 Å². The number of nitrogens with one attached hydrogen (secondary N) is 2. The van der Waals surface area contributed by atoms with Crippen LogP contribution in [0.15, 0.2) is 41.3 Å². The molecule has 0 bridgehead atoms. The fraction of sp³-hybridized carbons (Fsp3) is 0.464. The molecule has 2 N–H and O–H groups in total. The van der Waals surface area contributed by atoms with E-state index in [1.54, 1.807) is 23.2 Å². The molecule has 0 unspecified atom stereocenters. The highest BCUT2D eigenvalue weighted by Gasteiger charge is 2.51. The molecule has 4 aromatic rings. The van der Waals surface area contributed by atoms with Crippen molar-refractivity contribution < 1.29 is 28.3 Å². The number of hydrogen-bond donors (Lipinski definition) is 2. The van der Waals surface area contributed by atoms with Crippen molar-refractivity contribution in [3.05, 3.63) is 53.9 Å². The van der Waals surface area contributed by atoms with E-state index in [4.69, 9.17) is 28.7 Å². The van der Waals surface area contributed by atoms with Crippen molar-refractivity contribution in [1.29, 1.82) is 0 Å². The number of nitrogens with zero attached hydrogens (tertiary/aromatic N) is 6. The third-order valence-electron chi connectivity index (χ3n) is 7.25. The van der Waals surface area contributed by atoms with Crippen molar-refractivity contribution in [1.82, 2.24) is 29.7 Å². The lowest BCUT2D eigenvalue weighted by molar-refractivity contribution is -0.151. The molecular formula is C28H34N8O6. The highest BCUT2D eigenvalue weighted by Crippen LogP contribution is 2.43. The first-order valence-corrected chi connectivity index (χ1v) is 14.0. The monoisotopic (exact) mass is 578 g/mol. The summed E-state index contributed by atoms with van der Waals surface area (Å²) in [5, 5.41) is 10.8. The van der Waals surface area contributed by atoms with E-state index in [1.807, 2.05) is 25.1 Å². The van der Waals surface area contributed by atoms with Gasteiger partial charge in [0.25, 0.3) is 12.9 Å². The lowest BCUT2D eigenvalue weighted by Gasteiger charge is -2.21. The van der Waals surface area contributed by atoms with Crippen LogP contribution < -0.4 is 10.6 Å². The fourth-order valence-electron chi connectivity index (χ4n) is 4.96. The van der Waals surface area contributed by atoms with E-state index in [0.717, 1.165) is 18.5 Å². The molecular weight excluding hydrogens is 544 g/mol. The smallest absolute Gasteiger partial charge is 0.293 e. The SMILES string of the molecule is CCc1cc([C@H]2O[C@@H](n3cnc4c(NC(CC)CC)nc(NCCc5ccccn5)nc43)[C@H](OC=O)[C@H]2OC=O)on1. The number of rotatable bonds is 15. The minimum Gasteiger partial charge on any atom is -0.457 e. The Morgan fingerprint density at radius 1 is 1.05 bits per heavy atom. The van der Waals surface area contributed by atoms with Gasteiger partial charge in [0.2, 0.25) is 5.95 Å². The van der Waals surface area contributed by atoms with E-state index in [2.05, 4.69) is 39.6 Å². The molecule has 1 fully saturated rings. The third kappa shape index (κ3) is 6.03. The number of imidazole rings is 1. The molecule has 1 saturated heterocycles. The fourth-order valence-corrected chi connectivity index (χ4v) is 4.96. The molecule has 4 aromatic heterocycles. The predicted octanol–water partition coefficient (Wildman–Crippen LogP) is 3.38. The Bertz CT molecular complexity index is 1470. The highest BCUT2D eigenvalue weighted by atomic mass is 16.6. The number of ether oxygens (including phenoxy) is 3. The Morgan fingerprint density at radius 2 is 1.86 bits per heavy atom. The van der Waals surface area contributed by atoms with Crippen molar-refractivity contribution in [2.45, 2.75) is 77.0 Å². The Hall–Kier alpha value is -4.59. The second-order valence-electron chi connectivity index (χ2n) is 9.79. The summed E-state index contributed by atoms with van der Waals surface area (Å²) in [6, 6.07) is 7.66. The van der Waals surface area contributed by atoms with Gasteiger partial charge in [-0.05, 0) is 31.4 Å². The molecule has 5 rings (SSSR count). The predicted molar refractivity (Wildman–Crippen MR) is 150 cm³/mol. The normalized spacial score (nSPS) is 20.1. The molecule has 0 saturated carbocycles. The minimum atomic E-state index is -1.03. The maximum atomic E-state index is 11.6. The molecule has 222 valence electrons.